The fourth-order valence-corrected chi connectivity index (χ4v) is 4.20. The van der Waals surface area contributed by atoms with Gasteiger partial charge in [-0.2, -0.15) is 0 Å². The number of hydrogen-bond acceptors (Lipinski definition) is 5. The third-order valence-electron chi connectivity index (χ3n) is 6.22. The maximum Gasteiger partial charge on any atom is 0.249 e. The molecule has 7 nitrogen and oxygen atoms in total. The van der Waals surface area contributed by atoms with Crippen molar-refractivity contribution in [3.63, 3.8) is 0 Å². The molecule has 3 aliphatic rings. The molecule has 0 radical (unpaired) electrons. The number of amides is 1. The van der Waals surface area contributed by atoms with Crippen molar-refractivity contribution in [3.8, 4) is 0 Å². The summed E-state index contributed by atoms with van der Waals surface area (Å²) in [7, 11) is 1.98. The van der Waals surface area contributed by atoms with Crippen LogP contribution in [0.5, 0.6) is 0 Å². The minimum Gasteiger partial charge on any atom is -0.363 e. The Morgan fingerprint density at radius 2 is 2.04 bits per heavy atom. The Hall–Kier alpha value is -0.860. The summed E-state index contributed by atoms with van der Waals surface area (Å²) >= 11 is 0. The molecular weight excluding hydrogens is 389 g/mol. The summed E-state index contributed by atoms with van der Waals surface area (Å²) in [6, 6.07) is 0.328. The van der Waals surface area contributed by atoms with E-state index in [4.69, 9.17) is 4.74 Å². The minimum atomic E-state index is -0.194. The zero-order valence-corrected chi connectivity index (χ0v) is 17.7. The first-order valence-corrected chi connectivity index (χ1v) is 9.33. The molecule has 4 rings (SSSR count). The largest absolute Gasteiger partial charge is 0.363 e. The van der Waals surface area contributed by atoms with Gasteiger partial charge in [-0.15, -0.1) is 24.8 Å². The maximum atomic E-state index is 13.0. The van der Waals surface area contributed by atoms with Gasteiger partial charge in [0.15, 0.2) is 0 Å². The number of carbonyl (C=O) groups excluding carboxylic acids is 1. The SMILES string of the molecule is Cl.Cl.Cn1ccnc1CN(C(=O)COC1(C)CNC1)C1CC12CCNCC2. The van der Waals surface area contributed by atoms with Crippen LogP contribution in [0, 0.1) is 5.41 Å². The Morgan fingerprint density at radius 3 is 2.59 bits per heavy atom. The zero-order valence-electron chi connectivity index (χ0n) is 16.1. The van der Waals surface area contributed by atoms with Crippen LogP contribution in [0.1, 0.15) is 32.0 Å². The molecule has 1 saturated carbocycles. The van der Waals surface area contributed by atoms with Crippen LogP contribution < -0.4 is 10.6 Å². The summed E-state index contributed by atoms with van der Waals surface area (Å²) in [5.74, 6) is 1.03. The van der Waals surface area contributed by atoms with E-state index in [1.807, 2.05) is 22.7 Å². The molecule has 154 valence electrons. The van der Waals surface area contributed by atoms with Gasteiger partial charge in [0.1, 0.15) is 12.4 Å². The second-order valence-corrected chi connectivity index (χ2v) is 8.15. The van der Waals surface area contributed by atoms with Crippen LogP contribution >= 0.6 is 24.8 Å². The number of aromatic nitrogens is 2. The van der Waals surface area contributed by atoms with Gasteiger partial charge in [0.2, 0.25) is 5.91 Å². The lowest BCUT2D eigenvalue weighted by molar-refractivity contribution is -0.148. The lowest BCUT2D eigenvalue weighted by Gasteiger charge is -2.39. The Kier molecular flexibility index (Phi) is 7.19. The monoisotopic (exact) mass is 419 g/mol. The average Bonchev–Trinajstić information content (AvgIpc) is 3.09. The zero-order chi connectivity index (χ0) is 17.5. The Morgan fingerprint density at radius 1 is 1.33 bits per heavy atom. The van der Waals surface area contributed by atoms with Gasteiger partial charge < -0.3 is 24.8 Å². The molecule has 3 fully saturated rings. The number of rotatable bonds is 6. The highest BCUT2D eigenvalue weighted by atomic mass is 35.5. The van der Waals surface area contributed by atoms with Crippen LogP contribution in [0.25, 0.3) is 0 Å². The standard InChI is InChI=1S/C18H29N5O2.2ClH/c1-17(12-20-13-17)25-11-16(24)23(10-15-21-7-8-22(15)2)14-9-18(14)3-5-19-6-4-18;;/h7-8,14,19-20H,3-6,9-13H2,1-2H3;2*1H. The number of hydrogen-bond donors (Lipinski definition) is 2. The van der Waals surface area contributed by atoms with E-state index in [2.05, 4.69) is 22.5 Å². The van der Waals surface area contributed by atoms with E-state index >= 15 is 0 Å². The minimum absolute atomic E-state index is 0. The van der Waals surface area contributed by atoms with Crippen LogP contribution in [-0.2, 0) is 23.1 Å². The Balaban J connectivity index is 0.00000131. The normalized spacial score (nSPS) is 24.3. The molecule has 1 aliphatic carbocycles. The molecule has 1 aromatic heterocycles. The van der Waals surface area contributed by atoms with Crippen molar-refractivity contribution in [3.05, 3.63) is 18.2 Å². The summed E-state index contributed by atoms with van der Waals surface area (Å²) in [5, 5.41) is 6.64. The van der Waals surface area contributed by atoms with Gasteiger partial charge in [-0.05, 0) is 44.7 Å². The van der Waals surface area contributed by atoms with E-state index in [1.165, 1.54) is 0 Å². The van der Waals surface area contributed by atoms with Crippen molar-refractivity contribution >= 4 is 30.7 Å². The van der Waals surface area contributed by atoms with E-state index in [9.17, 15) is 4.79 Å². The Bertz CT molecular complexity index is 643. The van der Waals surface area contributed by atoms with Crippen LogP contribution in [0.4, 0.5) is 0 Å². The second-order valence-electron chi connectivity index (χ2n) is 8.15. The lowest BCUT2D eigenvalue weighted by atomic mass is 9.93. The molecule has 0 bridgehead atoms. The van der Waals surface area contributed by atoms with Gasteiger partial charge in [-0.25, -0.2) is 4.98 Å². The molecule has 2 saturated heterocycles. The summed E-state index contributed by atoms with van der Waals surface area (Å²) in [4.78, 5) is 19.5. The van der Waals surface area contributed by atoms with Gasteiger partial charge in [0, 0.05) is 38.6 Å². The molecular formula is C18H31Cl2N5O2. The number of nitrogens with zero attached hydrogens (tertiary/aromatic N) is 3. The highest BCUT2D eigenvalue weighted by molar-refractivity contribution is 5.85. The fraction of sp³-hybridized carbons (Fsp3) is 0.778. The topological polar surface area (TPSA) is 71.4 Å². The molecule has 1 spiro atoms. The van der Waals surface area contributed by atoms with E-state index in [0.717, 1.165) is 51.3 Å². The van der Waals surface area contributed by atoms with Crippen LogP contribution in [0.3, 0.4) is 0 Å². The number of nitrogens with one attached hydrogen (secondary N) is 2. The van der Waals surface area contributed by atoms with Crippen molar-refractivity contribution < 1.29 is 9.53 Å². The molecule has 27 heavy (non-hydrogen) atoms. The molecule has 1 aromatic rings. The van der Waals surface area contributed by atoms with E-state index in [0.29, 0.717) is 18.0 Å². The third-order valence-corrected chi connectivity index (χ3v) is 6.22. The molecule has 3 heterocycles. The molecule has 0 aromatic carbocycles. The van der Waals surface area contributed by atoms with Gasteiger partial charge in [-0.1, -0.05) is 0 Å². The summed E-state index contributed by atoms with van der Waals surface area (Å²) in [6.07, 6.45) is 7.16. The van der Waals surface area contributed by atoms with E-state index in [1.54, 1.807) is 6.20 Å². The fourth-order valence-electron chi connectivity index (χ4n) is 4.20. The lowest BCUT2D eigenvalue weighted by Crippen LogP contribution is -2.59. The molecule has 1 atom stereocenters. The smallest absolute Gasteiger partial charge is 0.249 e. The molecule has 1 unspecified atom stereocenters. The summed E-state index contributed by atoms with van der Waals surface area (Å²) in [6.45, 7) is 6.54. The second kappa shape index (κ2) is 8.66. The van der Waals surface area contributed by atoms with Gasteiger partial charge in [0.05, 0.1) is 12.1 Å². The van der Waals surface area contributed by atoms with Crippen molar-refractivity contribution in [2.24, 2.45) is 12.5 Å². The highest BCUT2D eigenvalue weighted by Crippen LogP contribution is 2.56. The predicted octanol–water partition coefficient (Wildman–Crippen LogP) is 1.11. The first-order valence-electron chi connectivity index (χ1n) is 9.33. The number of halogens is 2. The molecule has 9 heteroatoms. The molecule has 2 N–H and O–H groups in total. The van der Waals surface area contributed by atoms with Crippen molar-refractivity contribution in [1.82, 2.24) is 25.1 Å². The number of ether oxygens (including phenoxy) is 1. The van der Waals surface area contributed by atoms with Crippen LogP contribution in [-0.4, -0.2) is 64.8 Å². The third kappa shape index (κ3) is 4.59. The van der Waals surface area contributed by atoms with Crippen LogP contribution in [0.15, 0.2) is 12.4 Å². The molecule has 1 amide bonds. The highest BCUT2D eigenvalue weighted by Gasteiger charge is 2.57. The number of imidazole rings is 1. The van der Waals surface area contributed by atoms with E-state index in [-0.39, 0.29) is 42.9 Å². The first-order chi connectivity index (χ1) is 12.0. The summed E-state index contributed by atoms with van der Waals surface area (Å²) in [5.41, 5.74) is 0.120. The quantitative estimate of drug-likeness (QED) is 0.722. The van der Waals surface area contributed by atoms with Crippen molar-refractivity contribution in [2.45, 2.75) is 44.4 Å². The van der Waals surface area contributed by atoms with Gasteiger partial charge in [0.25, 0.3) is 0 Å². The van der Waals surface area contributed by atoms with Gasteiger partial charge in [-0.3, -0.25) is 4.79 Å². The average molecular weight is 420 g/mol. The van der Waals surface area contributed by atoms with Gasteiger partial charge >= 0.3 is 0 Å². The first kappa shape index (κ1) is 22.4. The number of carbonyl (C=O) groups is 1. The molecule has 2 aliphatic heterocycles. The Labute approximate surface area is 173 Å². The van der Waals surface area contributed by atoms with Crippen LogP contribution in [0.2, 0.25) is 0 Å². The number of aryl methyl sites for hydroxylation is 1. The maximum absolute atomic E-state index is 13.0. The van der Waals surface area contributed by atoms with Crippen molar-refractivity contribution in [2.75, 3.05) is 32.8 Å². The van der Waals surface area contributed by atoms with Crippen molar-refractivity contribution in [1.29, 1.82) is 0 Å². The number of piperidine rings is 1. The summed E-state index contributed by atoms with van der Waals surface area (Å²) < 4.78 is 7.91. The van der Waals surface area contributed by atoms with E-state index < -0.39 is 0 Å². The predicted molar refractivity (Wildman–Crippen MR) is 108 cm³/mol.